The van der Waals surface area contributed by atoms with Gasteiger partial charge in [0.1, 0.15) is 5.75 Å². The molecule has 0 bridgehead atoms. The van der Waals surface area contributed by atoms with Gasteiger partial charge in [-0.2, -0.15) is 0 Å². The van der Waals surface area contributed by atoms with Crippen LogP contribution in [0.25, 0.3) is 0 Å². The van der Waals surface area contributed by atoms with Crippen molar-refractivity contribution in [2.75, 3.05) is 10.6 Å². The van der Waals surface area contributed by atoms with Gasteiger partial charge in [0, 0.05) is 22.0 Å². The highest BCUT2D eigenvalue weighted by Gasteiger charge is 2.15. The van der Waals surface area contributed by atoms with Gasteiger partial charge in [0.15, 0.2) is 6.10 Å². The summed E-state index contributed by atoms with van der Waals surface area (Å²) in [5, 5.41) is 6.24. The molecule has 3 aromatic carbocycles. The van der Waals surface area contributed by atoms with Crippen molar-refractivity contribution < 1.29 is 14.3 Å². The Morgan fingerprint density at radius 2 is 1.55 bits per heavy atom. The number of hydrogen-bond donors (Lipinski definition) is 2. The van der Waals surface area contributed by atoms with Gasteiger partial charge in [-0.1, -0.05) is 29.8 Å². The van der Waals surface area contributed by atoms with Crippen molar-refractivity contribution in [3.63, 3.8) is 0 Å². The molecular weight excluding hydrogens is 388 g/mol. The van der Waals surface area contributed by atoms with Gasteiger partial charge in [0.2, 0.25) is 0 Å². The van der Waals surface area contributed by atoms with Crippen LogP contribution in [0.3, 0.4) is 0 Å². The summed E-state index contributed by atoms with van der Waals surface area (Å²) in [6.07, 6.45) is -0.711. The molecule has 0 saturated heterocycles. The van der Waals surface area contributed by atoms with E-state index in [0.29, 0.717) is 22.0 Å². The fraction of sp³-hybridized carbons (Fsp3) is 0.130. The van der Waals surface area contributed by atoms with Crippen LogP contribution >= 0.6 is 11.6 Å². The first-order valence-electron chi connectivity index (χ1n) is 9.12. The summed E-state index contributed by atoms with van der Waals surface area (Å²) in [5.41, 5.74) is 2.89. The number of para-hydroxylation sites is 1. The molecule has 148 valence electrons. The lowest BCUT2D eigenvalue weighted by molar-refractivity contribution is -0.122. The first kappa shape index (κ1) is 20.4. The van der Waals surface area contributed by atoms with Crippen LogP contribution in [-0.2, 0) is 4.79 Å². The normalized spacial score (nSPS) is 11.4. The van der Waals surface area contributed by atoms with Crippen molar-refractivity contribution >= 4 is 34.8 Å². The van der Waals surface area contributed by atoms with Crippen LogP contribution in [0.5, 0.6) is 5.75 Å². The van der Waals surface area contributed by atoms with E-state index in [0.717, 1.165) is 11.3 Å². The topological polar surface area (TPSA) is 67.4 Å². The van der Waals surface area contributed by atoms with Gasteiger partial charge in [-0.15, -0.1) is 0 Å². The number of anilines is 2. The molecule has 6 heteroatoms. The van der Waals surface area contributed by atoms with Gasteiger partial charge in [0.25, 0.3) is 11.8 Å². The second-order valence-electron chi connectivity index (χ2n) is 6.55. The van der Waals surface area contributed by atoms with Crippen LogP contribution in [-0.4, -0.2) is 17.9 Å². The highest BCUT2D eigenvalue weighted by Crippen LogP contribution is 2.18. The molecule has 0 aliphatic rings. The zero-order valence-corrected chi connectivity index (χ0v) is 16.9. The van der Waals surface area contributed by atoms with E-state index in [4.69, 9.17) is 16.3 Å². The van der Waals surface area contributed by atoms with E-state index in [2.05, 4.69) is 10.6 Å². The van der Waals surface area contributed by atoms with Crippen molar-refractivity contribution in [1.82, 2.24) is 0 Å². The van der Waals surface area contributed by atoms with Crippen LogP contribution < -0.4 is 15.4 Å². The summed E-state index contributed by atoms with van der Waals surface area (Å²) in [6.45, 7) is 3.59. The number of ether oxygens (including phenoxy) is 1. The van der Waals surface area contributed by atoms with E-state index >= 15 is 0 Å². The summed E-state index contributed by atoms with van der Waals surface area (Å²) < 4.78 is 5.67. The minimum atomic E-state index is -0.711. The third-order valence-corrected chi connectivity index (χ3v) is 4.56. The number of aryl methyl sites for hydroxylation is 1. The van der Waals surface area contributed by atoms with Gasteiger partial charge >= 0.3 is 0 Å². The molecule has 0 aliphatic heterocycles. The number of carbonyl (C=O) groups excluding carboxylic acids is 2. The lowest BCUT2D eigenvalue weighted by atomic mass is 10.1. The second kappa shape index (κ2) is 9.26. The van der Waals surface area contributed by atoms with Gasteiger partial charge in [-0.25, -0.2) is 0 Å². The quantitative estimate of drug-likeness (QED) is 0.581. The average molecular weight is 409 g/mol. The third-order valence-electron chi connectivity index (χ3n) is 4.30. The van der Waals surface area contributed by atoms with Crippen LogP contribution in [0, 0.1) is 6.92 Å². The Bertz CT molecular complexity index is 1000. The Morgan fingerprint density at radius 3 is 2.21 bits per heavy atom. The molecule has 29 heavy (non-hydrogen) atoms. The number of nitrogens with one attached hydrogen (secondary N) is 2. The predicted octanol–water partition coefficient (Wildman–Crippen LogP) is 5.31. The Kier molecular flexibility index (Phi) is 6.52. The minimum absolute atomic E-state index is 0.209. The molecule has 2 amide bonds. The SMILES string of the molecule is Cc1ccccc1NC(=O)c1ccc(O[C@@H](C)C(=O)Nc2ccc(Cl)cc2)cc1. The standard InChI is InChI=1S/C23H21ClN2O3/c1-15-5-3-4-6-21(15)26-23(28)17-7-13-20(14-8-17)29-16(2)22(27)25-19-11-9-18(24)10-12-19/h3-14,16H,1-2H3,(H,25,27)(H,26,28)/t16-/m0/s1. The highest BCUT2D eigenvalue weighted by molar-refractivity contribution is 6.30. The van der Waals surface area contributed by atoms with Gasteiger partial charge in [0.05, 0.1) is 0 Å². The lowest BCUT2D eigenvalue weighted by Gasteiger charge is -2.15. The third kappa shape index (κ3) is 5.59. The number of amides is 2. The minimum Gasteiger partial charge on any atom is -0.481 e. The van der Waals surface area contributed by atoms with Crippen LogP contribution in [0.2, 0.25) is 5.02 Å². The van der Waals surface area contributed by atoms with Crippen molar-refractivity contribution in [2.45, 2.75) is 20.0 Å². The van der Waals surface area contributed by atoms with E-state index in [1.165, 1.54) is 0 Å². The molecule has 0 unspecified atom stereocenters. The molecule has 0 aliphatic carbocycles. The highest BCUT2D eigenvalue weighted by atomic mass is 35.5. The molecule has 0 saturated carbocycles. The smallest absolute Gasteiger partial charge is 0.265 e. The molecule has 0 aromatic heterocycles. The number of hydrogen-bond acceptors (Lipinski definition) is 3. The van der Waals surface area contributed by atoms with Crippen molar-refractivity contribution in [2.24, 2.45) is 0 Å². The zero-order valence-electron chi connectivity index (χ0n) is 16.1. The van der Waals surface area contributed by atoms with Crippen molar-refractivity contribution in [1.29, 1.82) is 0 Å². The molecule has 5 nitrogen and oxygen atoms in total. The summed E-state index contributed by atoms with van der Waals surface area (Å²) in [7, 11) is 0. The monoisotopic (exact) mass is 408 g/mol. The van der Waals surface area contributed by atoms with Crippen LogP contribution in [0.1, 0.15) is 22.8 Å². The first-order chi connectivity index (χ1) is 13.9. The molecule has 1 atom stereocenters. The number of rotatable bonds is 6. The summed E-state index contributed by atoms with van der Waals surface area (Å²) in [5.74, 6) is 0.00396. The van der Waals surface area contributed by atoms with E-state index in [1.807, 2.05) is 31.2 Å². The Labute approximate surface area is 174 Å². The second-order valence-corrected chi connectivity index (χ2v) is 6.99. The fourth-order valence-corrected chi connectivity index (χ4v) is 2.75. The van der Waals surface area contributed by atoms with Crippen molar-refractivity contribution in [3.05, 3.63) is 88.9 Å². The maximum absolute atomic E-state index is 12.4. The molecule has 0 fully saturated rings. The number of benzene rings is 3. The van der Waals surface area contributed by atoms with Crippen LogP contribution in [0.4, 0.5) is 11.4 Å². The summed E-state index contributed by atoms with van der Waals surface area (Å²) >= 11 is 5.84. The maximum atomic E-state index is 12.4. The average Bonchev–Trinajstić information content (AvgIpc) is 2.72. The van der Waals surface area contributed by atoms with Gasteiger partial charge < -0.3 is 15.4 Å². The van der Waals surface area contributed by atoms with Gasteiger partial charge in [-0.05, 0) is 74.0 Å². The Balaban J connectivity index is 1.58. The molecule has 0 heterocycles. The van der Waals surface area contributed by atoms with Crippen LogP contribution in [0.15, 0.2) is 72.8 Å². The molecule has 0 spiro atoms. The molecular formula is C23H21ClN2O3. The van der Waals surface area contributed by atoms with E-state index < -0.39 is 6.10 Å². The maximum Gasteiger partial charge on any atom is 0.265 e. The molecule has 3 aromatic rings. The van der Waals surface area contributed by atoms with E-state index in [-0.39, 0.29) is 11.8 Å². The number of halogens is 1. The molecule has 3 rings (SSSR count). The first-order valence-corrected chi connectivity index (χ1v) is 9.50. The zero-order chi connectivity index (χ0) is 20.8. The predicted molar refractivity (Wildman–Crippen MR) is 116 cm³/mol. The summed E-state index contributed by atoms with van der Waals surface area (Å²) in [4.78, 5) is 24.7. The largest absolute Gasteiger partial charge is 0.481 e. The Hall–Kier alpha value is -3.31. The molecule has 0 radical (unpaired) electrons. The van der Waals surface area contributed by atoms with E-state index in [9.17, 15) is 9.59 Å². The van der Waals surface area contributed by atoms with Crippen molar-refractivity contribution in [3.8, 4) is 5.75 Å². The Morgan fingerprint density at radius 1 is 0.897 bits per heavy atom. The van der Waals surface area contributed by atoms with E-state index in [1.54, 1.807) is 55.5 Å². The molecule has 2 N–H and O–H groups in total. The summed E-state index contributed by atoms with van der Waals surface area (Å²) in [6, 6.07) is 21.1. The lowest BCUT2D eigenvalue weighted by Crippen LogP contribution is -2.30. The van der Waals surface area contributed by atoms with Gasteiger partial charge in [-0.3, -0.25) is 9.59 Å². The number of carbonyl (C=O) groups is 2. The fourth-order valence-electron chi connectivity index (χ4n) is 2.63.